The maximum Gasteiger partial charge on any atom is 0.223 e. The lowest BCUT2D eigenvalue weighted by Crippen LogP contribution is -2.45. The highest BCUT2D eigenvalue weighted by molar-refractivity contribution is 5.96. The molecule has 25 heteroatoms. The van der Waals surface area contributed by atoms with Crippen molar-refractivity contribution in [2.75, 3.05) is 26.2 Å². The van der Waals surface area contributed by atoms with Crippen LogP contribution in [0.1, 0.15) is 406 Å². The fourth-order valence-electron chi connectivity index (χ4n) is 11.6. The molecule has 1 unspecified atom stereocenters. The van der Waals surface area contributed by atoms with Crippen molar-refractivity contribution in [1.29, 1.82) is 0 Å². The Balaban J connectivity index is -0.000000349. The van der Waals surface area contributed by atoms with Gasteiger partial charge in [-0.2, -0.15) is 0 Å². The van der Waals surface area contributed by atoms with Crippen molar-refractivity contribution in [2.24, 2.45) is 65.1 Å². The first kappa shape index (κ1) is 134. The van der Waals surface area contributed by atoms with Gasteiger partial charge in [0, 0.05) is 218 Å². The predicted octanol–water partition coefficient (Wildman–Crippen LogP) is 18.8. The third-order valence-electron chi connectivity index (χ3n) is 21.1. The number of hydrogen-bond acceptors (Lipinski definition) is 23. The van der Waals surface area contributed by atoms with E-state index < -0.39 is 6.04 Å². The van der Waals surface area contributed by atoms with Crippen LogP contribution in [0.3, 0.4) is 0 Å². The number of carbonyl (C=O) groups excluding carboxylic acids is 18. The largest absolute Gasteiger partial charge is 0.508 e. The molecule has 0 saturated heterocycles. The molecule has 0 aromatic heterocycles. The van der Waals surface area contributed by atoms with E-state index in [1.165, 1.54) is 12.8 Å². The van der Waals surface area contributed by atoms with Gasteiger partial charge in [-0.3, -0.25) is 86.3 Å². The highest BCUT2D eigenvalue weighted by atomic mass is 16.3. The predicted molar refractivity (Wildman–Crippen MR) is 530 cm³/mol. The Labute approximate surface area is 793 Å². The number of nitrogens with one attached hydrogen (secondary N) is 6. The van der Waals surface area contributed by atoms with E-state index in [4.69, 9.17) is 0 Å². The number of phenolic OH excluding ortho intramolecular Hbond substituents is 1. The van der Waals surface area contributed by atoms with Gasteiger partial charge in [-0.25, -0.2) is 0 Å². The van der Waals surface area contributed by atoms with Crippen molar-refractivity contribution < 1.29 is 91.4 Å². The van der Waals surface area contributed by atoms with Crippen molar-refractivity contribution in [3.63, 3.8) is 0 Å². The quantitative estimate of drug-likeness (QED) is 0.0298. The van der Waals surface area contributed by atoms with Crippen LogP contribution in [0, 0.1) is 65.1 Å². The zero-order valence-electron chi connectivity index (χ0n) is 87.7. The van der Waals surface area contributed by atoms with Gasteiger partial charge in [-0.1, -0.05) is 226 Å². The fourth-order valence-corrected chi connectivity index (χ4v) is 11.6. The van der Waals surface area contributed by atoms with Gasteiger partial charge in [-0.15, -0.1) is 0 Å². The number of hydrogen-bond donors (Lipinski definition) is 7. The van der Waals surface area contributed by atoms with Crippen LogP contribution < -0.4 is 31.9 Å². The van der Waals surface area contributed by atoms with Crippen molar-refractivity contribution in [1.82, 2.24) is 31.9 Å². The van der Waals surface area contributed by atoms with Crippen molar-refractivity contribution >= 4 is 104 Å². The normalized spacial score (nSPS) is 11.6. The van der Waals surface area contributed by atoms with Crippen LogP contribution in [0.5, 0.6) is 5.75 Å². The number of rotatable bonds is 68. The highest BCUT2D eigenvalue weighted by Gasteiger charge is 2.28. The Morgan fingerprint density at radius 3 is 0.855 bits per heavy atom. The van der Waals surface area contributed by atoms with E-state index in [2.05, 4.69) is 73.4 Å². The summed E-state index contributed by atoms with van der Waals surface area (Å²) in [6.45, 7) is 60.0. The zero-order valence-corrected chi connectivity index (χ0v) is 87.7. The molecule has 7 N–H and O–H groups in total. The SMILES string of the molecule is CC(C)C(=O)CC(NC(=O)C(C)C)C(=O)C(C)C.CC(C)C(=O)CCC(=O)CCC(=O)C(C)C.CC(C)C(=O)CCC(=O)CCCCC(=O)NCC(=O)C(C)C.CC(C)C(=O)CCCCC(=O)CCC(=O)C(C)C.CC(C)NCCCC(=O)CCC(=O)C(C)C.CC(C)NCCCCCC(=O)CCCCNC(C)C.CC(C)N[C@@H](Cc1ccc(O)cc1)C(=O)CCC(=O)C(C)C. The minimum absolute atomic E-state index is 0.00180. The van der Waals surface area contributed by atoms with Gasteiger partial charge in [-0.05, 0) is 102 Å². The molecule has 0 radical (unpaired) electrons. The second-order valence-corrected chi connectivity index (χ2v) is 39.4. The van der Waals surface area contributed by atoms with E-state index in [0.29, 0.717) is 133 Å². The average Bonchev–Trinajstić information content (AvgIpc) is 0.882. The van der Waals surface area contributed by atoms with Crippen molar-refractivity contribution in [2.45, 2.75) is 443 Å². The molecule has 2 atom stereocenters. The van der Waals surface area contributed by atoms with Crippen molar-refractivity contribution in [3.05, 3.63) is 29.8 Å². The number of phenols is 1. The molecule has 0 aliphatic carbocycles. The van der Waals surface area contributed by atoms with E-state index in [1.54, 1.807) is 67.5 Å². The molecule has 0 saturated carbocycles. The summed E-state index contributed by atoms with van der Waals surface area (Å²) in [6.07, 6.45) is 17.7. The second kappa shape index (κ2) is 82.0. The molecule has 0 heterocycles. The molecule has 0 aliphatic heterocycles. The molecule has 131 heavy (non-hydrogen) atoms. The number of amides is 2. The van der Waals surface area contributed by atoms with E-state index in [1.807, 2.05) is 123 Å². The number of carbonyl (C=O) groups is 18. The fraction of sp³-hybridized carbons (Fsp3) is 0.774. The molecule has 0 spiro atoms. The average molecular weight is 1850 g/mol. The summed E-state index contributed by atoms with van der Waals surface area (Å²) in [5.41, 5.74) is 0.986. The first-order valence-electron chi connectivity index (χ1n) is 49.5. The summed E-state index contributed by atoms with van der Waals surface area (Å²) < 4.78 is 0. The Morgan fingerprint density at radius 1 is 0.252 bits per heavy atom. The molecular weight excluding hydrogens is 1660 g/mol. The Kier molecular flexibility index (Phi) is 84.1. The molecule has 1 rings (SSSR count). The lowest BCUT2D eigenvalue weighted by atomic mass is 9.93. The summed E-state index contributed by atoms with van der Waals surface area (Å²) in [7, 11) is 0. The number of Topliss-reactive ketones (excluding diaryl/α,β-unsaturated/α-hetero) is 16. The van der Waals surface area contributed by atoms with Gasteiger partial charge in [0.25, 0.3) is 0 Å². The second-order valence-electron chi connectivity index (χ2n) is 39.4. The number of aromatic hydroxyl groups is 1. The maximum atomic E-state index is 12.4. The van der Waals surface area contributed by atoms with Gasteiger partial charge < -0.3 is 37.0 Å². The smallest absolute Gasteiger partial charge is 0.223 e. The molecule has 0 aliphatic rings. The summed E-state index contributed by atoms with van der Waals surface area (Å²) in [5.74, 6) is 1.31. The first-order chi connectivity index (χ1) is 60.8. The third-order valence-corrected chi connectivity index (χ3v) is 21.1. The van der Waals surface area contributed by atoms with Gasteiger partial charge in [0.15, 0.2) is 17.3 Å². The lowest BCUT2D eigenvalue weighted by molar-refractivity contribution is -0.133. The summed E-state index contributed by atoms with van der Waals surface area (Å²) in [4.78, 5) is 208. The summed E-state index contributed by atoms with van der Waals surface area (Å²) in [6, 6.07) is 7.66. The Hall–Kier alpha value is -7.48. The minimum Gasteiger partial charge on any atom is -0.508 e. The molecule has 1 aromatic rings. The number of benzene rings is 1. The molecule has 756 valence electrons. The topological polar surface area (TPSA) is 400 Å². The molecule has 0 bridgehead atoms. The summed E-state index contributed by atoms with van der Waals surface area (Å²) in [5, 5.41) is 27.9. The minimum atomic E-state index is -0.685. The van der Waals surface area contributed by atoms with Gasteiger partial charge in [0.05, 0.1) is 18.6 Å². The molecule has 1 aromatic carbocycles. The third kappa shape index (κ3) is 86.4. The van der Waals surface area contributed by atoms with E-state index in [-0.39, 0.29) is 214 Å². The van der Waals surface area contributed by atoms with Gasteiger partial charge >= 0.3 is 0 Å². The Bertz CT molecular complexity index is 3350. The molecule has 2 amide bonds. The highest BCUT2D eigenvalue weighted by Crippen LogP contribution is 2.18. The lowest BCUT2D eigenvalue weighted by Gasteiger charge is -2.21. The number of unbranched alkanes of at least 4 members (excludes halogenated alkanes) is 5. The van der Waals surface area contributed by atoms with Crippen LogP contribution in [0.4, 0.5) is 0 Å². The van der Waals surface area contributed by atoms with Crippen LogP contribution in [-0.4, -0.2) is 172 Å². The van der Waals surface area contributed by atoms with Gasteiger partial charge in [0.1, 0.15) is 80.9 Å². The number of ketones is 16. The van der Waals surface area contributed by atoms with Gasteiger partial charge in [0.2, 0.25) is 11.8 Å². The Morgan fingerprint density at radius 2 is 0.527 bits per heavy atom. The van der Waals surface area contributed by atoms with E-state index in [0.717, 1.165) is 76.6 Å². The molecular formula is C106H188N6O19. The monoisotopic (exact) mass is 1850 g/mol. The summed E-state index contributed by atoms with van der Waals surface area (Å²) >= 11 is 0. The van der Waals surface area contributed by atoms with Crippen LogP contribution in [0.25, 0.3) is 0 Å². The van der Waals surface area contributed by atoms with Crippen LogP contribution in [0.15, 0.2) is 24.3 Å². The van der Waals surface area contributed by atoms with E-state index >= 15 is 0 Å². The van der Waals surface area contributed by atoms with Crippen LogP contribution in [0.2, 0.25) is 0 Å². The maximum absolute atomic E-state index is 12.4. The molecule has 0 fully saturated rings. The standard InChI is InChI=1S/C18H27NO3.C17H29NO4.C16H34N2O.C15H26O3.C14H25NO3.C13H25NO2.C13H22O3/c1-12(2)17(21)9-10-18(22)16(19-13(3)4)11-14-5-7-15(20)8-6-14;1-12(2)15(20)10-9-14(19)7-5-6-8-17(22)18-11-16(21)13(3)4;1-14(2)17-12-8-5-6-10-16(19)11-7-9-13-18-15(3)4;1-11(2)14(17)8-6-5-7-13(16)9-10-15(18)12(3)4;1-8(2)12(16)7-11(13(17)9(3)4)15-14(18)10(5)6;1-10(2)13(16)8-7-12(15)6-5-9-14-11(3)4;1-9(2)12(15)7-5-11(14)6-8-13(16)10(3)4/h5-8,12-13,16,19-20H,9-11H2,1-4H3;12-13H,5-11H2,1-4H3,(H,18,22);14-15,17-18H,5-13H2,1-4H3;11-12H,5-10H2,1-4H3;8-11H,7H2,1-6H3,(H,15,18);10-11,14H,5-9H2,1-4H3;9-10H,5-8H2,1-4H3/t16-;;;;;;/m0....../s1. The van der Waals surface area contributed by atoms with Crippen LogP contribution in [-0.2, 0) is 92.7 Å². The van der Waals surface area contributed by atoms with E-state index in [9.17, 15) is 91.4 Å². The molecule has 25 nitrogen and oxygen atoms in total. The van der Waals surface area contributed by atoms with Crippen LogP contribution >= 0.6 is 0 Å². The first-order valence-corrected chi connectivity index (χ1v) is 49.5. The zero-order chi connectivity index (χ0) is 102. The van der Waals surface area contributed by atoms with Crippen molar-refractivity contribution in [3.8, 4) is 5.75 Å².